The molecule has 0 fully saturated rings. The zero-order chi connectivity index (χ0) is 34.3. The Morgan fingerprint density at radius 2 is 0.896 bits per heavy atom. The molecule has 0 radical (unpaired) electrons. The summed E-state index contributed by atoms with van der Waals surface area (Å²) < 4.78 is 22.3. The number of hydrogen-bond donors (Lipinski definition) is 2. The second kappa shape index (κ2) is 14.4. The molecule has 0 aromatic heterocycles. The van der Waals surface area contributed by atoms with E-state index in [2.05, 4.69) is 10.6 Å². The standard InChI is InChI=1S/2C19H19NO4/c2*1-3-23-18(22)19(13(2)21)17(14-9-5-4-6-10-14)20-15-11-7-8-12-16(15)24-19/h2*4-12,17,20H,3H2,1-2H3/t2*17-,19-/m10/s1. The third-order valence-electron chi connectivity index (χ3n) is 8.20. The summed E-state index contributed by atoms with van der Waals surface area (Å²) in [6.07, 6.45) is 0. The van der Waals surface area contributed by atoms with Gasteiger partial charge in [-0.25, -0.2) is 9.59 Å². The fourth-order valence-electron chi connectivity index (χ4n) is 5.89. The van der Waals surface area contributed by atoms with Crippen LogP contribution in [0, 0.1) is 0 Å². The highest BCUT2D eigenvalue weighted by molar-refractivity contribution is 6.09. The Kier molecular flexibility index (Phi) is 10.1. The Labute approximate surface area is 279 Å². The van der Waals surface area contributed by atoms with Gasteiger partial charge in [-0.2, -0.15) is 0 Å². The second-order valence-corrected chi connectivity index (χ2v) is 11.2. The molecule has 2 N–H and O–H groups in total. The summed E-state index contributed by atoms with van der Waals surface area (Å²) in [6.45, 7) is 6.44. The van der Waals surface area contributed by atoms with E-state index in [9.17, 15) is 19.2 Å². The predicted molar refractivity (Wildman–Crippen MR) is 180 cm³/mol. The van der Waals surface area contributed by atoms with Crippen LogP contribution in [-0.2, 0) is 28.7 Å². The Hall–Kier alpha value is -5.64. The number of hydrogen-bond acceptors (Lipinski definition) is 10. The number of ether oxygens (including phenoxy) is 4. The number of carbonyl (C=O) groups excluding carboxylic acids is 4. The number of para-hydroxylation sites is 4. The van der Waals surface area contributed by atoms with E-state index < -0.39 is 46.8 Å². The minimum absolute atomic E-state index is 0.167. The first-order chi connectivity index (χ1) is 23.2. The van der Waals surface area contributed by atoms with Crippen molar-refractivity contribution >= 4 is 34.9 Å². The van der Waals surface area contributed by atoms with Crippen molar-refractivity contribution in [2.45, 2.75) is 51.0 Å². The normalized spacial score (nSPS) is 21.8. The molecule has 2 heterocycles. The van der Waals surface area contributed by atoms with Crippen LogP contribution in [0.1, 0.15) is 50.9 Å². The summed E-state index contributed by atoms with van der Waals surface area (Å²) in [5, 5.41) is 6.56. The molecule has 2 aliphatic rings. The number of benzene rings is 4. The number of carbonyl (C=O) groups is 4. The highest BCUT2D eigenvalue weighted by Gasteiger charge is 2.58. The second-order valence-electron chi connectivity index (χ2n) is 11.2. The van der Waals surface area contributed by atoms with Gasteiger partial charge in [-0.05, 0) is 63.1 Å². The van der Waals surface area contributed by atoms with Gasteiger partial charge in [0.25, 0.3) is 11.2 Å². The van der Waals surface area contributed by atoms with Crippen molar-refractivity contribution in [3.63, 3.8) is 0 Å². The lowest BCUT2D eigenvalue weighted by Gasteiger charge is -2.41. The molecule has 6 rings (SSSR count). The molecule has 4 aromatic carbocycles. The minimum atomic E-state index is -1.76. The molecule has 10 nitrogen and oxygen atoms in total. The monoisotopic (exact) mass is 650 g/mol. The van der Waals surface area contributed by atoms with E-state index in [1.54, 1.807) is 38.1 Å². The average molecular weight is 651 g/mol. The van der Waals surface area contributed by atoms with Crippen LogP contribution in [0.2, 0.25) is 0 Å². The zero-order valence-electron chi connectivity index (χ0n) is 27.2. The number of anilines is 2. The van der Waals surface area contributed by atoms with E-state index in [1.807, 2.05) is 84.9 Å². The van der Waals surface area contributed by atoms with Crippen molar-refractivity contribution in [2.24, 2.45) is 0 Å². The lowest BCUT2D eigenvalue weighted by Crippen LogP contribution is -2.60. The van der Waals surface area contributed by atoms with Gasteiger partial charge in [0.05, 0.1) is 24.6 Å². The van der Waals surface area contributed by atoms with Gasteiger partial charge in [-0.15, -0.1) is 0 Å². The summed E-state index contributed by atoms with van der Waals surface area (Å²) in [5.41, 5.74) is -0.511. The SMILES string of the molecule is CCOC(=O)[C@@]1(C(C)=O)Oc2ccccc2N[C@H]1c1ccccc1.CCOC(=O)[C@]1(C(C)=O)Oc2ccccc2N[C@@H]1c1ccccc1. The number of fused-ring (bicyclic) bond motifs is 2. The van der Waals surface area contributed by atoms with Crippen molar-refractivity contribution in [2.75, 3.05) is 23.8 Å². The van der Waals surface area contributed by atoms with Crippen molar-refractivity contribution in [1.82, 2.24) is 0 Å². The summed E-state index contributed by atoms with van der Waals surface area (Å²) in [5.74, 6) is -1.28. The molecule has 0 amide bonds. The Morgan fingerprint density at radius 1 is 0.562 bits per heavy atom. The molecule has 248 valence electrons. The number of Topliss-reactive ketones (excluding diaryl/α,β-unsaturated/α-hetero) is 2. The van der Waals surface area contributed by atoms with Gasteiger partial charge in [-0.3, -0.25) is 9.59 Å². The van der Waals surface area contributed by atoms with Crippen molar-refractivity contribution in [1.29, 1.82) is 0 Å². The minimum Gasteiger partial charge on any atom is -0.463 e. The molecule has 4 atom stereocenters. The maximum Gasteiger partial charge on any atom is 0.361 e. The van der Waals surface area contributed by atoms with Gasteiger partial charge in [0.15, 0.2) is 11.6 Å². The smallest absolute Gasteiger partial charge is 0.361 e. The third-order valence-corrected chi connectivity index (χ3v) is 8.20. The number of ketones is 2. The molecular weight excluding hydrogens is 612 g/mol. The van der Waals surface area contributed by atoms with Crippen LogP contribution in [-0.4, -0.2) is 47.9 Å². The maximum absolute atomic E-state index is 12.7. The van der Waals surface area contributed by atoms with Crippen LogP contribution in [0.15, 0.2) is 109 Å². The first-order valence-electron chi connectivity index (χ1n) is 15.7. The first kappa shape index (κ1) is 33.7. The fraction of sp³-hybridized carbons (Fsp3) is 0.263. The van der Waals surface area contributed by atoms with Crippen LogP contribution in [0.4, 0.5) is 11.4 Å². The summed E-state index contributed by atoms with van der Waals surface area (Å²) in [6, 6.07) is 31.7. The molecule has 0 bridgehead atoms. The average Bonchev–Trinajstić information content (AvgIpc) is 3.11. The van der Waals surface area contributed by atoms with E-state index in [1.165, 1.54) is 13.8 Å². The molecule has 0 saturated heterocycles. The Morgan fingerprint density at radius 3 is 1.23 bits per heavy atom. The summed E-state index contributed by atoms with van der Waals surface area (Å²) in [4.78, 5) is 50.6. The van der Waals surface area contributed by atoms with Crippen LogP contribution in [0.5, 0.6) is 11.5 Å². The lowest BCUT2D eigenvalue weighted by molar-refractivity contribution is -0.170. The predicted octanol–water partition coefficient (Wildman–Crippen LogP) is 6.25. The highest BCUT2D eigenvalue weighted by atomic mass is 16.6. The zero-order valence-corrected chi connectivity index (χ0v) is 27.2. The van der Waals surface area contributed by atoms with Crippen LogP contribution >= 0.6 is 0 Å². The molecule has 48 heavy (non-hydrogen) atoms. The van der Waals surface area contributed by atoms with E-state index >= 15 is 0 Å². The maximum atomic E-state index is 12.7. The quantitative estimate of drug-likeness (QED) is 0.167. The molecule has 0 saturated carbocycles. The molecular formula is C38H38N2O8. The summed E-state index contributed by atoms with van der Waals surface area (Å²) in [7, 11) is 0. The van der Waals surface area contributed by atoms with Crippen molar-refractivity contribution < 1.29 is 38.1 Å². The topological polar surface area (TPSA) is 129 Å². The lowest BCUT2D eigenvalue weighted by atomic mass is 9.83. The van der Waals surface area contributed by atoms with Gasteiger partial charge in [0.2, 0.25) is 0 Å². The van der Waals surface area contributed by atoms with E-state index in [4.69, 9.17) is 18.9 Å². The molecule has 0 spiro atoms. The van der Waals surface area contributed by atoms with E-state index in [0.29, 0.717) is 11.5 Å². The van der Waals surface area contributed by atoms with Gasteiger partial charge < -0.3 is 29.6 Å². The van der Waals surface area contributed by atoms with Gasteiger partial charge in [0, 0.05) is 0 Å². The van der Waals surface area contributed by atoms with E-state index in [-0.39, 0.29) is 13.2 Å². The molecule has 4 aromatic rings. The summed E-state index contributed by atoms with van der Waals surface area (Å²) >= 11 is 0. The Bertz CT molecular complexity index is 1650. The third kappa shape index (κ3) is 6.21. The Balaban J connectivity index is 0.000000188. The molecule has 10 heteroatoms. The number of esters is 2. The van der Waals surface area contributed by atoms with Gasteiger partial charge >= 0.3 is 11.9 Å². The van der Waals surface area contributed by atoms with Crippen molar-refractivity contribution in [3.8, 4) is 11.5 Å². The van der Waals surface area contributed by atoms with E-state index in [0.717, 1.165) is 22.5 Å². The fourth-order valence-corrected chi connectivity index (χ4v) is 5.89. The van der Waals surface area contributed by atoms with Gasteiger partial charge in [-0.1, -0.05) is 84.9 Å². The van der Waals surface area contributed by atoms with Crippen LogP contribution in [0.3, 0.4) is 0 Å². The molecule has 0 unspecified atom stereocenters. The van der Waals surface area contributed by atoms with Crippen LogP contribution < -0.4 is 20.1 Å². The molecule has 2 aliphatic heterocycles. The molecule has 0 aliphatic carbocycles. The van der Waals surface area contributed by atoms with Crippen LogP contribution in [0.25, 0.3) is 0 Å². The number of nitrogens with one attached hydrogen (secondary N) is 2. The number of rotatable bonds is 8. The largest absolute Gasteiger partial charge is 0.463 e. The first-order valence-corrected chi connectivity index (χ1v) is 15.7. The van der Waals surface area contributed by atoms with Gasteiger partial charge in [0.1, 0.15) is 23.6 Å². The van der Waals surface area contributed by atoms with Crippen molar-refractivity contribution in [3.05, 3.63) is 120 Å². The highest BCUT2D eigenvalue weighted by Crippen LogP contribution is 2.45.